The summed E-state index contributed by atoms with van der Waals surface area (Å²) < 4.78 is 2.02. The van der Waals surface area contributed by atoms with Gasteiger partial charge in [-0.1, -0.05) is 18.2 Å². The third kappa shape index (κ3) is 2.14. The second-order valence-corrected chi connectivity index (χ2v) is 4.28. The maximum absolute atomic E-state index is 11.1. The normalized spacial score (nSPS) is 10.7. The topological polar surface area (TPSA) is 59.3 Å². The highest BCUT2D eigenvalue weighted by Crippen LogP contribution is 2.24. The minimum Gasteiger partial charge on any atom is -0.481 e. The van der Waals surface area contributed by atoms with Crippen molar-refractivity contribution in [1.82, 2.24) is 4.57 Å². The van der Waals surface area contributed by atoms with Crippen LogP contribution >= 0.6 is 0 Å². The van der Waals surface area contributed by atoms with E-state index < -0.39 is 5.97 Å². The van der Waals surface area contributed by atoms with Crippen LogP contribution in [0.5, 0.6) is 0 Å². The van der Waals surface area contributed by atoms with Crippen molar-refractivity contribution in [1.29, 1.82) is 0 Å². The number of aldehydes is 1. The Balaban J connectivity index is 2.40. The van der Waals surface area contributed by atoms with Crippen LogP contribution in [0.2, 0.25) is 0 Å². The Morgan fingerprint density at radius 2 is 2.11 bits per heavy atom. The second-order valence-electron chi connectivity index (χ2n) is 4.28. The number of hydrogen-bond donors (Lipinski definition) is 1. The number of fused-ring (bicyclic) bond motifs is 1. The van der Waals surface area contributed by atoms with E-state index >= 15 is 0 Å². The number of hydrogen-bond acceptors (Lipinski definition) is 2. The Morgan fingerprint density at radius 1 is 1.39 bits per heavy atom. The summed E-state index contributed by atoms with van der Waals surface area (Å²) in [5.74, 6) is -0.792. The van der Waals surface area contributed by atoms with Gasteiger partial charge in [-0.3, -0.25) is 9.59 Å². The summed E-state index contributed by atoms with van der Waals surface area (Å²) >= 11 is 0. The molecule has 0 aliphatic rings. The number of carboxylic acids is 1. The Labute approximate surface area is 105 Å². The van der Waals surface area contributed by atoms with E-state index in [-0.39, 0.29) is 6.42 Å². The minimum absolute atomic E-state index is 0.141. The first-order valence-electron chi connectivity index (χ1n) is 5.90. The van der Waals surface area contributed by atoms with Gasteiger partial charge < -0.3 is 9.67 Å². The van der Waals surface area contributed by atoms with Gasteiger partial charge in [-0.25, -0.2) is 0 Å². The first-order chi connectivity index (χ1) is 8.65. The van der Waals surface area contributed by atoms with Gasteiger partial charge in [-0.2, -0.15) is 0 Å². The predicted octanol–water partition coefficient (Wildman–Crippen LogP) is 2.63. The molecule has 1 aromatic heterocycles. The van der Waals surface area contributed by atoms with Crippen LogP contribution in [0, 0.1) is 6.92 Å². The average Bonchev–Trinajstić information content (AvgIpc) is 2.62. The first-order valence-corrected chi connectivity index (χ1v) is 5.90. The molecule has 18 heavy (non-hydrogen) atoms. The Hall–Kier alpha value is -2.10. The highest BCUT2D eigenvalue weighted by molar-refractivity contribution is 5.99. The van der Waals surface area contributed by atoms with Crippen LogP contribution in [-0.2, 0) is 11.3 Å². The molecule has 0 bridgehead atoms. The molecule has 0 saturated carbocycles. The lowest BCUT2D eigenvalue weighted by Gasteiger charge is -2.06. The molecule has 0 radical (unpaired) electrons. The van der Waals surface area contributed by atoms with Crippen molar-refractivity contribution < 1.29 is 14.7 Å². The van der Waals surface area contributed by atoms with Crippen molar-refractivity contribution in [3.63, 3.8) is 0 Å². The Bertz CT molecular complexity index is 598. The molecular formula is C14H15NO3. The lowest BCUT2D eigenvalue weighted by molar-refractivity contribution is -0.137. The van der Waals surface area contributed by atoms with Crippen LogP contribution in [-0.4, -0.2) is 21.9 Å². The molecular weight excluding hydrogens is 230 g/mol. The van der Waals surface area contributed by atoms with Gasteiger partial charge in [0.1, 0.15) is 0 Å². The third-order valence-corrected chi connectivity index (χ3v) is 3.17. The van der Waals surface area contributed by atoms with Crippen molar-refractivity contribution in [2.45, 2.75) is 26.3 Å². The summed E-state index contributed by atoms with van der Waals surface area (Å²) in [6.07, 6.45) is 1.57. The summed E-state index contributed by atoms with van der Waals surface area (Å²) in [6.45, 7) is 2.51. The van der Waals surface area contributed by atoms with Crippen molar-refractivity contribution in [2.75, 3.05) is 0 Å². The number of nitrogens with zero attached hydrogens (tertiary/aromatic N) is 1. The van der Waals surface area contributed by atoms with Crippen molar-refractivity contribution in [3.8, 4) is 0 Å². The predicted molar refractivity (Wildman–Crippen MR) is 68.9 cm³/mol. The molecule has 1 aromatic carbocycles. The number of aromatic nitrogens is 1. The van der Waals surface area contributed by atoms with Gasteiger partial charge in [0.25, 0.3) is 0 Å². The fourth-order valence-corrected chi connectivity index (χ4v) is 2.28. The molecule has 4 heteroatoms. The molecule has 0 saturated heterocycles. The molecule has 0 spiro atoms. The maximum Gasteiger partial charge on any atom is 0.303 e. The number of carbonyl (C=O) groups is 2. The summed E-state index contributed by atoms with van der Waals surface area (Å²) in [4.78, 5) is 21.7. The van der Waals surface area contributed by atoms with E-state index in [0.29, 0.717) is 18.5 Å². The fraction of sp³-hybridized carbons (Fsp3) is 0.286. The van der Waals surface area contributed by atoms with Gasteiger partial charge in [0.2, 0.25) is 0 Å². The number of benzene rings is 1. The second kappa shape index (κ2) is 5.04. The van der Waals surface area contributed by atoms with Gasteiger partial charge in [-0.05, 0) is 19.4 Å². The molecule has 4 nitrogen and oxygen atoms in total. The van der Waals surface area contributed by atoms with E-state index in [0.717, 1.165) is 22.9 Å². The fourth-order valence-electron chi connectivity index (χ4n) is 2.28. The molecule has 94 valence electrons. The number of para-hydroxylation sites is 1. The number of carbonyl (C=O) groups excluding carboxylic acids is 1. The quantitative estimate of drug-likeness (QED) is 0.824. The Kier molecular flexibility index (Phi) is 3.46. The minimum atomic E-state index is -0.792. The molecule has 0 amide bonds. The standard InChI is InChI=1S/C14H15NO3/c1-10-12(9-16)11-5-2-3-6-13(11)15(10)8-4-7-14(17)18/h2-3,5-6,9H,4,7-8H2,1H3,(H,17,18). The largest absolute Gasteiger partial charge is 0.481 e. The zero-order valence-corrected chi connectivity index (χ0v) is 10.2. The lowest BCUT2D eigenvalue weighted by Crippen LogP contribution is -2.03. The van der Waals surface area contributed by atoms with E-state index in [4.69, 9.17) is 5.11 Å². The summed E-state index contributed by atoms with van der Waals surface area (Å²) in [6, 6.07) is 7.69. The highest BCUT2D eigenvalue weighted by atomic mass is 16.4. The SMILES string of the molecule is Cc1c(C=O)c2ccccc2n1CCCC(=O)O. The molecule has 0 aliphatic heterocycles. The molecule has 1 N–H and O–H groups in total. The summed E-state index contributed by atoms with van der Waals surface area (Å²) in [7, 11) is 0. The van der Waals surface area contributed by atoms with E-state index in [1.165, 1.54) is 0 Å². The average molecular weight is 245 g/mol. The summed E-state index contributed by atoms with van der Waals surface area (Å²) in [5.41, 5.74) is 2.58. The van der Waals surface area contributed by atoms with Gasteiger partial charge in [-0.15, -0.1) is 0 Å². The zero-order valence-electron chi connectivity index (χ0n) is 10.2. The molecule has 2 aromatic rings. The number of aryl methyl sites for hydroxylation is 1. The van der Waals surface area contributed by atoms with Crippen molar-refractivity contribution >= 4 is 23.2 Å². The summed E-state index contributed by atoms with van der Waals surface area (Å²) in [5, 5.41) is 9.59. The lowest BCUT2D eigenvalue weighted by atomic mass is 10.1. The van der Waals surface area contributed by atoms with Crippen LogP contribution in [0.25, 0.3) is 10.9 Å². The number of rotatable bonds is 5. The molecule has 0 aliphatic carbocycles. The zero-order chi connectivity index (χ0) is 13.1. The van der Waals surface area contributed by atoms with Crippen LogP contribution in [0.1, 0.15) is 28.9 Å². The van der Waals surface area contributed by atoms with Crippen LogP contribution in [0.15, 0.2) is 24.3 Å². The molecule has 0 fully saturated rings. The highest BCUT2D eigenvalue weighted by Gasteiger charge is 2.12. The van der Waals surface area contributed by atoms with Crippen LogP contribution in [0.4, 0.5) is 0 Å². The molecule has 0 unspecified atom stereocenters. The molecule has 0 atom stereocenters. The maximum atomic E-state index is 11.1. The molecule has 1 heterocycles. The van der Waals surface area contributed by atoms with Gasteiger partial charge >= 0.3 is 5.97 Å². The van der Waals surface area contributed by atoms with Crippen LogP contribution < -0.4 is 0 Å². The van der Waals surface area contributed by atoms with Crippen molar-refractivity contribution in [2.24, 2.45) is 0 Å². The van der Waals surface area contributed by atoms with E-state index in [1.807, 2.05) is 35.8 Å². The monoisotopic (exact) mass is 245 g/mol. The first kappa shape index (κ1) is 12.4. The molecule has 2 rings (SSSR count). The van der Waals surface area contributed by atoms with Gasteiger partial charge in [0.15, 0.2) is 6.29 Å². The van der Waals surface area contributed by atoms with Crippen molar-refractivity contribution in [3.05, 3.63) is 35.5 Å². The smallest absolute Gasteiger partial charge is 0.303 e. The van der Waals surface area contributed by atoms with E-state index in [2.05, 4.69) is 0 Å². The number of aliphatic carboxylic acids is 1. The van der Waals surface area contributed by atoms with Crippen LogP contribution in [0.3, 0.4) is 0 Å². The van der Waals surface area contributed by atoms with E-state index in [1.54, 1.807) is 0 Å². The van der Waals surface area contributed by atoms with E-state index in [9.17, 15) is 9.59 Å². The Morgan fingerprint density at radius 3 is 2.78 bits per heavy atom. The van der Waals surface area contributed by atoms with Gasteiger partial charge in [0, 0.05) is 35.1 Å². The number of carboxylic acid groups (broad SMARTS) is 1. The third-order valence-electron chi connectivity index (χ3n) is 3.17. The van der Waals surface area contributed by atoms with Gasteiger partial charge in [0.05, 0.1) is 0 Å².